The Morgan fingerprint density at radius 1 is 1.27 bits per heavy atom. The SMILES string of the molecule is C=CCN1CC[C@]23c4c5ccc(O)c4O[C@H]2[C@@H](N(C)C(=O)C=Cc2ccc(Cl)c(Cl)c2)CC[C@@]3(O)[C@H]1C5. The van der Waals surface area contributed by atoms with Crippen molar-refractivity contribution >= 4 is 35.2 Å². The number of likely N-dealkylation sites (tertiary alicyclic amines) is 1. The third-order valence-electron chi connectivity index (χ3n) is 9.11. The van der Waals surface area contributed by atoms with Crippen molar-refractivity contribution < 1.29 is 19.7 Å². The number of aliphatic hydroxyl groups is 1. The number of hydrogen-bond donors (Lipinski definition) is 2. The van der Waals surface area contributed by atoms with Gasteiger partial charge in [0, 0.05) is 31.3 Å². The zero-order valence-electron chi connectivity index (χ0n) is 20.7. The highest BCUT2D eigenvalue weighted by Crippen LogP contribution is 2.65. The molecule has 1 saturated carbocycles. The minimum atomic E-state index is -1.03. The van der Waals surface area contributed by atoms with Gasteiger partial charge in [0.05, 0.1) is 27.1 Å². The number of carbonyl (C=O) groups excluding carboxylic acids is 1. The number of halogens is 2. The second-order valence-electron chi connectivity index (χ2n) is 10.7. The van der Waals surface area contributed by atoms with Gasteiger partial charge in [-0.3, -0.25) is 9.69 Å². The standard InChI is InChI=1S/C29H30Cl2N2O4/c1-3-13-33-14-12-28-25-18-6-8-22(34)26(25)37-27(28)21(10-11-29(28,36)23(33)16-18)32(2)24(35)9-5-17-4-7-19(30)20(31)15-17/h3-9,15,21,23,27,34,36H,1,10-14,16H2,2H3/t21-,23+,27-,28-,29+/m0/s1. The molecule has 1 spiro atoms. The summed E-state index contributed by atoms with van der Waals surface area (Å²) in [5, 5.41) is 24.1. The molecule has 194 valence electrons. The van der Waals surface area contributed by atoms with Gasteiger partial charge in [-0.2, -0.15) is 0 Å². The predicted molar refractivity (Wildman–Crippen MR) is 144 cm³/mol. The van der Waals surface area contributed by atoms with Crippen LogP contribution in [0.4, 0.5) is 0 Å². The molecule has 1 amide bonds. The third kappa shape index (κ3) is 3.42. The van der Waals surface area contributed by atoms with Crippen molar-refractivity contribution in [3.63, 3.8) is 0 Å². The Labute approximate surface area is 226 Å². The lowest BCUT2D eigenvalue weighted by molar-refractivity contribution is -0.198. The number of hydrogen-bond acceptors (Lipinski definition) is 5. The Hall–Kier alpha value is -2.51. The molecule has 37 heavy (non-hydrogen) atoms. The summed E-state index contributed by atoms with van der Waals surface area (Å²) in [5.41, 5.74) is 1.10. The summed E-state index contributed by atoms with van der Waals surface area (Å²) in [6, 6.07) is 8.52. The zero-order chi connectivity index (χ0) is 26.1. The van der Waals surface area contributed by atoms with Gasteiger partial charge >= 0.3 is 0 Å². The molecule has 2 fully saturated rings. The number of carbonyl (C=O) groups is 1. The summed E-state index contributed by atoms with van der Waals surface area (Å²) in [5.74, 6) is 0.387. The van der Waals surface area contributed by atoms with Crippen molar-refractivity contribution in [3.05, 3.63) is 75.8 Å². The van der Waals surface area contributed by atoms with Gasteiger partial charge in [-0.05, 0) is 67.6 Å². The van der Waals surface area contributed by atoms with Crippen LogP contribution in [0.3, 0.4) is 0 Å². The van der Waals surface area contributed by atoms with E-state index in [1.54, 1.807) is 42.3 Å². The molecule has 2 aromatic rings. The first-order valence-electron chi connectivity index (χ1n) is 12.7. The van der Waals surface area contributed by atoms with Crippen LogP contribution in [0.5, 0.6) is 11.5 Å². The number of phenolic OH excluding ortho intramolecular Hbond substituents is 1. The van der Waals surface area contributed by atoms with Gasteiger partial charge in [0.1, 0.15) is 6.10 Å². The van der Waals surface area contributed by atoms with Crippen LogP contribution in [0, 0.1) is 0 Å². The summed E-state index contributed by atoms with van der Waals surface area (Å²) >= 11 is 12.1. The van der Waals surface area contributed by atoms with E-state index in [2.05, 4.69) is 11.5 Å². The molecule has 6 nitrogen and oxygen atoms in total. The number of aromatic hydroxyl groups is 1. The third-order valence-corrected chi connectivity index (χ3v) is 9.85. The van der Waals surface area contributed by atoms with Crippen molar-refractivity contribution in [1.82, 2.24) is 9.80 Å². The number of ether oxygens (including phenoxy) is 1. The van der Waals surface area contributed by atoms with Crippen LogP contribution in [-0.2, 0) is 16.6 Å². The van der Waals surface area contributed by atoms with Gasteiger partial charge in [0.15, 0.2) is 11.5 Å². The molecule has 0 unspecified atom stereocenters. The van der Waals surface area contributed by atoms with Crippen LogP contribution in [-0.4, -0.2) is 69.8 Å². The average molecular weight is 541 g/mol. The van der Waals surface area contributed by atoms with Gasteiger partial charge in [0.25, 0.3) is 0 Å². The highest BCUT2D eigenvalue weighted by molar-refractivity contribution is 6.42. The summed E-state index contributed by atoms with van der Waals surface area (Å²) in [4.78, 5) is 17.4. The Balaban J connectivity index is 1.36. The van der Waals surface area contributed by atoms with Crippen LogP contribution in [0.1, 0.15) is 36.0 Å². The Morgan fingerprint density at radius 2 is 2.08 bits per heavy atom. The van der Waals surface area contributed by atoms with Gasteiger partial charge in [-0.15, -0.1) is 6.58 Å². The van der Waals surface area contributed by atoms with Crippen molar-refractivity contribution in [2.24, 2.45) is 0 Å². The monoisotopic (exact) mass is 540 g/mol. The predicted octanol–water partition coefficient (Wildman–Crippen LogP) is 4.58. The first-order chi connectivity index (χ1) is 17.7. The first-order valence-corrected chi connectivity index (χ1v) is 13.5. The lowest BCUT2D eigenvalue weighted by Gasteiger charge is -2.64. The smallest absolute Gasteiger partial charge is 0.246 e. The molecule has 2 aromatic carbocycles. The van der Waals surface area contributed by atoms with Crippen molar-refractivity contribution in [1.29, 1.82) is 0 Å². The maximum absolute atomic E-state index is 13.3. The number of piperidine rings is 1. The summed E-state index contributed by atoms with van der Waals surface area (Å²) in [6.07, 6.45) is 7.17. The van der Waals surface area contributed by atoms with E-state index >= 15 is 0 Å². The van der Waals surface area contributed by atoms with E-state index in [1.807, 2.05) is 12.1 Å². The van der Waals surface area contributed by atoms with Crippen molar-refractivity contribution in [2.75, 3.05) is 20.1 Å². The van der Waals surface area contributed by atoms with E-state index in [9.17, 15) is 15.0 Å². The summed E-state index contributed by atoms with van der Waals surface area (Å²) < 4.78 is 6.55. The molecule has 2 aliphatic heterocycles. The largest absolute Gasteiger partial charge is 0.504 e. The zero-order valence-corrected chi connectivity index (χ0v) is 22.2. The van der Waals surface area contributed by atoms with Gasteiger partial charge in [-0.1, -0.05) is 41.4 Å². The van der Waals surface area contributed by atoms with E-state index in [4.69, 9.17) is 27.9 Å². The summed E-state index contributed by atoms with van der Waals surface area (Å²) in [6.45, 7) is 5.42. The molecule has 0 radical (unpaired) electrons. The molecule has 8 heteroatoms. The fourth-order valence-electron chi connectivity index (χ4n) is 7.45. The van der Waals surface area contributed by atoms with Crippen LogP contribution >= 0.6 is 23.2 Å². The molecule has 5 atom stereocenters. The number of nitrogens with zero attached hydrogens (tertiary/aromatic N) is 2. The average Bonchev–Trinajstić information content (AvgIpc) is 3.23. The highest BCUT2D eigenvalue weighted by Gasteiger charge is 2.73. The van der Waals surface area contributed by atoms with Gasteiger partial charge < -0.3 is 19.8 Å². The van der Waals surface area contributed by atoms with Gasteiger partial charge in [0.2, 0.25) is 5.91 Å². The molecule has 0 aromatic heterocycles. The second kappa shape index (κ2) is 8.77. The van der Waals surface area contributed by atoms with Gasteiger partial charge in [-0.25, -0.2) is 0 Å². The van der Waals surface area contributed by atoms with Crippen LogP contribution in [0.15, 0.2) is 49.1 Å². The Kier molecular flexibility index (Phi) is 5.88. The molecular formula is C29H30Cl2N2O4. The molecule has 2 bridgehead atoms. The van der Waals surface area contributed by atoms with E-state index in [-0.39, 0.29) is 23.7 Å². The molecule has 4 aliphatic rings. The fraction of sp³-hybridized carbons (Fsp3) is 0.414. The summed E-state index contributed by atoms with van der Waals surface area (Å²) in [7, 11) is 1.79. The Morgan fingerprint density at radius 3 is 2.84 bits per heavy atom. The van der Waals surface area contributed by atoms with Crippen LogP contribution in [0.25, 0.3) is 6.08 Å². The molecule has 2 aliphatic carbocycles. The maximum atomic E-state index is 13.3. The fourth-order valence-corrected chi connectivity index (χ4v) is 7.76. The molecule has 6 rings (SSSR count). The normalized spacial score (nSPS) is 31.6. The van der Waals surface area contributed by atoms with E-state index in [0.29, 0.717) is 48.0 Å². The highest BCUT2D eigenvalue weighted by atomic mass is 35.5. The van der Waals surface area contributed by atoms with Crippen LogP contribution in [0.2, 0.25) is 10.0 Å². The lowest BCUT2D eigenvalue weighted by Crippen LogP contribution is -2.78. The number of benzene rings is 2. The number of amides is 1. The topological polar surface area (TPSA) is 73.2 Å². The van der Waals surface area contributed by atoms with E-state index < -0.39 is 17.1 Å². The second-order valence-corrected chi connectivity index (χ2v) is 11.5. The number of likely N-dealkylation sites (N-methyl/N-ethyl adjacent to an activating group) is 1. The number of rotatable bonds is 5. The maximum Gasteiger partial charge on any atom is 0.246 e. The Bertz CT molecular complexity index is 1330. The minimum Gasteiger partial charge on any atom is -0.504 e. The first kappa shape index (κ1) is 24.8. The van der Waals surface area contributed by atoms with Crippen LogP contribution < -0.4 is 4.74 Å². The number of phenols is 1. The molecule has 1 saturated heterocycles. The molecule has 2 heterocycles. The van der Waals surface area contributed by atoms with Crippen molar-refractivity contribution in [2.45, 2.75) is 54.9 Å². The van der Waals surface area contributed by atoms with E-state index in [1.165, 1.54) is 6.08 Å². The minimum absolute atomic E-state index is 0.0788. The van der Waals surface area contributed by atoms with Crippen molar-refractivity contribution in [3.8, 4) is 11.5 Å². The quantitative estimate of drug-likeness (QED) is 0.429. The molecule has 2 N–H and O–H groups in total. The molecular weight excluding hydrogens is 511 g/mol. The van der Waals surface area contributed by atoms with E-state index in [0.717, 1.165) is 23.2 Å². The lowest BCUT2D eigenvalue weighted by atomic mass is 9.48.